The lowest BCUT2D eigenvalue weighted by Gasteiger charge is -2.17. The van der Waals surface area contributed by atoms with Gasteiger partial charge in [-0.2, -0.15) is 5.26 Å². The highest BCUT2D eigenvalue weighted by atomic mass is 19.1. The molecule has 0 aliphatic carbocycles. The molecule has 0 bridgehead atoms. The minimum Gasteiger partial charge on any atom is -0.379 e. The number of piperidine rings is 1. The smallest absolute Gasteiger partial charge is 0.214 e. The van der Waals surface area contributed by atoms with Crippen LogP contribution in [-0.2, 0) is 9.63 Å². The van der Waals surface area contributed by atoms with Crippen LogP contribution in [-0.4, -0.2) is 24.6 Å². The number of hydrogen-bond acceptors (Lipinski definition) is 5. The maximum Gasteiger partial charge on any atom is 0.214 e. The van der Waals surface area contributed by atoms with Gasteiger partial charge in [-0.25, -0.2) is 8.78 Å². The number of oxime groups is 1. The van der Waals surface area contributed by atoms with Gasteiger partial charge in [0.15, 0.2) is 0 Å². The van der Waals surface area contributed by atoms with Gasteiger partial charge in [0.25, 0.3) is 0 Å². The monoisotopic (exact) mass is 395 g/mol. The van der Waals surface area contributed by atoms with Gasteiger partial charge in [0, 0.05) is 31.5 Å². The van der Waals surface area contributed by atoms with Crippen LogP contribution in [0, 0.1) is 23.0 Å². The molecule has 148 valence electrons. The second kappa shape index (κ2) is 9.71. The van der Waals surface area contributed by atoms with Crippen LogP contribution < -0.4 is 5.32 Å². The first-order chi connectivity index (χ1) is 14.1. The van der Waals surface area contributed by atoms with Crippen molar-refractivity contribution < 1.29 is 18.4 Å². The van der Waals surface area contributed by atoms with E-state index in [4.69, 9.17) is 10.1 Å². The summed E-state index contributed by atoms with van der Waals surface area (Å²) in [7, 11) is 0. The second-order valence-electron chi connectivity index (χ2n) is 6.53. The molecule has 3 rings (SSSR count). The van der Waals surface area contributed by atoms with E-state index in [1.54, 1.807) is 6.07 Å². The predicted molar refractivity (Wildman–Crippen MR) is 105 cm³/mol. The van der Waals surface area contributed by atoms with Crippen molar-refractivity contribution in [1.29, 1.82) is 5.26 Å². The Bertz CT molecular complexity index is 971. The van der Waals surface area contributed by atoms with E-state index in [1.807, 2.05) is 0 Å². The fourth-order valence-electron chi connectivity index (χ4n) is 2.84. The number of nitrogens with one attached hydrogen (secondary N) is 1. The zero-order valence-electron chi connectivity index (χ0n) is 15.6. The highest BCUT2D eigenvalue weighted by Gasteiger charge is 2.22. The predicted octanol–water partition coefficient (Wildman–Crippen LogP) is 3.92. The lowest BCUT2D eigenvalue weighted by Crippen LogP contribution is -2.28. The molecular weight excluding hydrogens is 376 g/mol. The maximum atomic E-state index is 13.7. The number of ketones is 1. The molecule has 1 aliphatic heterocycles. The molecule has 2 aromatic carbocycles. The molecule has 0 spiro atoms. The molecule has 1 fully saturated rings. The van der Waals surface area contributed by atoms with Gasteiger partial charge in [0.05, 0.1) is 11.3 Å². The van der Waals surface area contributed by atoms with Crippen LogP contribution in [0.2, 0.25) is 0 Å². The van der Waals surface area contributed by atoms with E-state index in [-0.39, 0.29) is 11.4 Å². The van der Waals surface area contributed by atoms with Crippen LogP contribution >= 0.6 is 0 Å². The Hall–Kier alpha value is -3.37. The van der Waals surface area contributed by atoms with Gasteiger partial charge >= 0.3 is 0 Å². The normalized spacial score (nSPS) is 15.0. The third-order valence-electron chi connectivity index (χ3n) is 4.45. The van der Waals surface area contributed by atoms with Crippen LogP contribution in [0.4, 0.5) is 8.78 Å². The second-order valence-corrected chi connectivity index (χ2v) is 6.53. The summed E-state index contributed by atoms with van der Waals surface area (Å²) in [6.07, 6.45) is 3.13. The minimum absolute atomic E-state index is 0.180. The van der Waals surface area contributed by atoms with E-state index in [0.717, 1.165) is 24.9 Å². The summed E-state index contributed by atoms with van der Waals surface area (Å²) in [5.41, 5.74) is 1.61. The summed E-state index contributed by atoms with van der Waals surface area (Å²) < 4.78 is 26.7. The zero-order valence-corrected chi connectivity index (χ0v) is 15.6. The zero-order chi connectivity index (χ0) is 20.6. The first-order valence-corrected chi connectivity index (χ1v) is 9.16. The fourth-order valence-corrected chi connectivity index (χ4v) is 2.84. The molecule has 1 aliphatic rings. The molecule has 1 heterocycles. The molecule has 1 unspecified atom stereocenters. The molecule has 29 heavy (non-hydrogen) atoms. The summed E-state index contributed by atoms with van der Waals surface area (Å²) in [4.78, 5) is 18.3. The number of halogens is 2. The molecule has 0 amide bonds. The number of nitrogens with zero attached hydrogens (tertiary/aromatic N) is 2. The van der Waals surface area contributed by atoms with Crippen LogP contribution in [0.5, 0.6) is 0 Å². The molecule has 0 aromatic heterocycles. The Morgan fingerprint density at radius 1 is 1.17 bits per heavy atom. The van der Waals surface area contributed by atoms with Gasteiger partial charge in [-0.05, 0) is 35.9 Å². The Balaban J connectivity index is 1.85. The third-order valence-corrected chi connectivity index (χ3v) is 4.45. The van der Waals surface area contributed by atoms with Gasteiger partial charge in [-0.1, -0.05) is 29.4 Å². The molecule has 1 saturated heterocycles. The number of carbonyl (C=O) groups excluding carboxylic acids is 1. The first-order valence-electron chi connectivity index (χ1n) is 9.16. The Morgan fingerprint density at radius 2 is 1.90 bits per heavy atom. The summed E-state index contributed by atoms with van der Waals surface area (Å²) >= 11 is 0. The molecule has 7 heteroatoms. The number of carbonyl (C=O) groups is 1. The van der Waals surface area contributed by atoms with Crippen LogP contribution in [0.15, 0.2) is 53.7 Å². The van der Waals surface area contributed by atoms with E-state index in [2.05, 4.69) is 10.5 Å². The van der Waals surface area contributed by atoms with Crippen LogP contribution in [0.3, 0.4) is 0 Å². The Kier molecular flexibility index (Phi) is 6.82. The van der Waals surface area contributed by atoms with E-state index in [1.165, 1.54) is 48.6 Å². The SMILES string of the molecule is N#Cc1cc(C(ON=C2CCNCC2)C(=O)/C=C/c2ccc(F)cc2)ccc1F. The van der Waals surface area contributed by atoms with Crippen molar-refractivity contribution >= 4 is 17.6 Å². The molecule has 0 radical (unpaired) electrons. The van der Waals surface area contributed by atoms with Gasteiger partial charge in [-0.3, -0.25) is 4.79 Å². The summed E-state index contributed by atoms with van der Waals surface area (Å²) in [5, 5.41) is 16.4. The van der Waals surface area contributed by atoms with Crippen molar-refractivity contribution in [3.05, 3.63) is 76.9 Å². The highest BCUT2D eigenvalue weighted by molar-refractivity contribution is 5.97. The van der Waals surface area contributed by atoms with Crippen LogP contribution in [0.25, 0.3) is 6.08 Å². The fraction of sp³-hybridized carbons (Fsp3) is 0.227. The number of benzene rings is 2. The third kappa shape index (κ3) is 5.56. The van der Waals surface area contributed by atoms with E-state index in [9.17, 15) is 13.6 Å². The van der Waals surface area contributed by atoms with Gasteiger partial charge in [0.2, 0.25) is 11.9 Å². The topological polar surface area (TPSA) is 74.5 Å². The first kappa shape index (κ1) is 20.4. The minimum atomic E-state index is -1.12. The van der Waals surface area contributed by atoms with E-state index < -0.39 is 17.7 Å². The van der Waals surface area contributed by atoms with Gasteiger partial charge in [-0.15, -0.1) is 0 Å². The van der Waals surface area contributed by atoms with E-state index >= 15 is 0 Å². The standard InChI is InChI=1S/C22H19F2N3O2/c23-18-5-1-15(2-6-18)3-8-21(28)22(29-27-19-9-11-26-12-10-19)16-4-7-20(24)17(13-16)14-25/h1-8,13,22,26H,9-12H2/b8-3+. The number of rotatable bonds is 6. The Labute approximate surface area is 167 Å². The van der Waals surface area contributed by atoms with Crippen molar-refractivity contribution in [3.8, 4) is 6.07 Å². The largest absolute Gasteiger partial charge is 0.379 e. The van der Waals surface area contributed by atoms with Crippen molar-refractivity contribution in [2.75, 3.05) is 13.1 Å². The molecule has 2 aromatic rings. The molecule has 5 nitrogen and oxygen atoms in total. The summed E-state index contributed by atoms with van der Waals surface area (Å²) in [6.45, 7) is 1.56. The van der Waals surface area contributed by atoms with E-state index in [0.29, 0.717) is 24.0 Å². The molecular formula is C22H19F2N3O2. The van der Waals surface area contributed by atoms with Crippen molar-refractivity contribution in [2.24, 2.45) is 5.16 Å². The van der Waals surface area contributed by atoms with Crippen molar-refractivity contribution in [1.82, 2.24) is 5.32 Å². The average Bonchev–Trinajstić information content (AvgIpc) is 2.75. The number of hydrogen-bond donors (Lipinski definition) is 1. The summed E-state index contributed by atoms with van der Waals surface area (Å²) in [6, 6.07) is 11.2. The average molecular weight is 395 g/mol. The maximum absolute atomic E-state index is 13.7. The lowest BCUT2D eigenvalue weighted by atomic mass is 10.0. The van der Waals surface area contributed by atoms with Gasteiger partial charge in [0.1, 0.15) is 17.7 Å². The van der Waals surface area contributed by atoms with Gasteiger partial charge < -0.3 is 10.2 Å². The Morgan fingerprint density at radius 3 is 2.59 bits per heavy atom. The van der Waals surface area contributed by atoms with Crippen molar-refractivity contribution in [2.45, 2.75) is 18.9 Å². The highest BCUT2D eigenvalue weighted by Crippen LogP contribution is 2.23. The molecule has 1 atom stereocenters. The quantitative estimate of drug-likeness (QED) is 0.594. The summed E-state index contributed by atoms with van der Waals surface area (Å²) in [5.74, 6) is -1.47. The number of nitriles is 1. The molecule has 1 N–H and O–H groups in total. The molecule has 0 saturated carbocycles. The van der Waals surface area contributed by atoms with Crippen LogP contribution in [0.1, 0.15) is 35.6 Å². The lowest BCUT2D eigenvalue weighted by molar-refractivity contribution is -0.126. The van der Waals surface area contributed by atoms with Crippen molar-refractivity contribution in [3.63, 3.8) is 0 Å².